The Labute approximate surface area is 209 Å². The zero-order valence-corrected chi connectivity index (χ0v) is 20.9. The van der Waals surface area contributed by atoms with Gasteiger partial charge in [-0.2, -0.15) is 0 Å². The summed E-state index contributed by atoms with van der Waals surface area (Å²) in [5.41, 5.74) is 2.28. The minimum Gasteiger partial charge on any atom is -0.372 e. The first kappa shape index (κ1) is 24.6. The van der Waals surface area contributed by atoms with Crippen molar-refractivity contribution in [2.75, 3.05) is 22.9 Å². The Balaban J connectivity index is 1.31. The maximum Gasteiger partial charge on any atom is 0.244 e. The molecule has 3 aromatic rings. The number of para-hydroxylation sites is 1. The predicted molar refractivity (Wildman–Crippen MR) is 139 cm³/mol. The number of pyridine rings is 1. The molecule has 2 aromatic heterocycles. The van der Waals surface area contributed by atoms with Gasteiger partial charge < -0.3 is 15.0 Å². The Kier molecular flexibility index (Phi) is 7.89. The van der Waals surface area contributed by atoms with Crippen molar-refractivity contribution in [3.05, 3.63) is 71.4 Å². The van der Waals surface area contributed by atoms with E-state index in [-0.39, 0.29) is 24.0 Å². The van der Waals surface area contributed by atoms with Crippen LogP contribution in [0.2, 0.25) is 0 Å². The van der Waals surface area contributed by atoms with Gasteiger partial charge in [0, 0.05) is 44.2 Å². The molecule has 1 fully saturated rings. The molecule has 1 aliphatic heterocycles. The fourth-order valence-corrected chi connectivity index (χ4v) is 4.80. The fourth-order valence-electron chi connectivity index (χ4n) is 3.94. The van der Waals surface area contributed by atoms with Gasteiger partial charge in [0.05, 0.1) is 23.6 Å². The van der Waals surface area contributed by atoms with Crippen LogP contribution in [0.1, 0.15) is 32.0 Å². The van der Waals surface area contributed by atoms with Crippen molar-refractivity contribution in [1.29, 1.82) is 0 Å². The summed E-state index contributed by atoms with van der Waals surface area (Å²) in [4.78, 5) is 37.3. The van der Waals surface area contributed by atoms with E-state index in [0.717, 1.165) is 30.2 Å². The number of nitrogens with one attached hydrogen (secondary N) is 1. The maximum absolute atomic E-state index is 12.3. The van der Waals surface area contributed by atoms with Crippen LogP contribution in [-0.4, -0.2) is 47.1 Å². The molecule has 9 heteroatoms. The molecule has 1 aromatic carbocycles. The number of carbonyl (C=O) groups is 2. The van der Waals surface area contributed by atoms with Crippen molar-refractivity contribution >= 4 is 45.9 Å². The maximum atomic E-state index is 12.3. The van der Waals surface area contributed by atoms with Crippen LogP contribution in [0.15, 0.2) is 60.1 Å². The Morgan fingerprint density at radius 3 is 2.57 bits per heavy atom. The van der Waals surface area contributed by atoms with Crippen molar-refractivity contribution in [3.8, 4) is 0 Å². The lowest BCUT2D eigenvalue weighted by molar-refractivity contribution is -0.117. The van der Waals surface area contributed by atoms with Crippen LogP contribution in [0.5, 0.6) is 0 Å². The Morgan fingerprint density at radius 2 is 1.91 bits per heavy atom. The molecule has 1 aliphatic rings. The van der Waals surface area contributed by atoms with Gasteiger partial charge in [0.1, 0.15) is 5.82 Å². The number of hydrogen-bond acceptors (Lipinski definition) is 7. The standard InChI is InChI=1S/C26H29N5O3S/c1-18-15-30(16-19(2)34-18)24-11-9-21(13-27-24)14-28-25(33)12-10-22-17-35-26(29-22)31(20(3)32)23-7-5-4-6-8-23/h4-13,17-19H,14-16H2,1-3H3,(H,28,33)/b12-10+. The molecule has 2 atom stereocenters. The van der Waals surface area contributed by atoms with Gasteiger partial charge in [-0.1, -0.05) is 24.3 Å². The number of amides is 2. The third-order valence-corrected chi connectivity index (χ3v) is 6.30. The lowest BCUT2D eigenvalue weighted by Gasteiger charge is -2.36. The summed E-state index contributed by atoms with van der Waals surface area (Å²) in [6.07, 6.45) is 5.21. The number of morpholine rings is 1. The summed E-state index contributed by atoms with van der Waals surface area (Å²) in [5, 5.41) is 5.24. The smallest absolute Gasteiger partial charge is 0.244 e. The van der Waals surface area contributed by atoms with Crippen LogP contribution >= 0.6 is 11.3 Å². The van der Waals surface area contributed by atoms with Gasteiger partial charge in [-0.3, -0.25) is 14.5 Å². The number of nitrogens with zero attached hydrogens (tertiary/aromatic N) is 4. The Morgan fingerprint density at radius 1 is 1.17 bits per heavy atom. The largest absolute Gasteiger partial charge is 0.372 e. The first-order valence-electron chi connectivity index (χ1n) is 11.5. The van der Waals surface area contributed by atoms with E-state index in [1.807, 2.05) is 47.8 Å². The van der Waals surface area contributed by atoms with E-state index in [1.165, 1.54) is 24.3 Å². The molecule has 2 amide bonds. The van der Waals surface area contributed by atoms with E-state index in [2.05, 4.69) is 34.0 Å². The third kappa shape index (κ3) is 6.52. The topological polar surface area (TPSA) is 87.7 Å². The van der Waals surface area contributed by atoms with Crippen molar-refractivity contribution in [1.82, 2.24) is 15.3 Å². The molecule has 1 N–H and O–H groups in total. The number of ether oxygens (including phenoxy) is 1. The van der Waals surface area contributed by atoms with Gasteiger partial charge in [0.15, 0.2) is 5.13 Å². The lowest BCUT2D eigenvalue weighted by Crippen LogP contribution is -2.45. The molecular weight excluding hydrogens is 462 g/mol. The molecule has 0 radical (unpaired) electrons. The van der Waals surface area contributed by atoms with Gasteiger partial charge in [0.25, 0.3) is 0 Å². The second-order valence-electron chi connectivity index (χ2n) is 8.48. The molecule has 4 rings (SSSR count). The monoisotopic (exact) mass is 491 g/mol. The molecule has 0 bridgehead atoms. The normalized spacial score (nSPS) is 18.0. The van der Waals surface area contributed by atoms with Gasteiger partial charge in [-0.15, -0.1) is 11.3 Å². The Hall–Kier alpha value is -3.56. The predicted octanol–water partition coefficient (Wildman–Crippen LogP) is 4.17. The van der Waals surface area contributed by atoms with Gasteiger partial charge in [-0.05, 0) is 43.7 Å². The summed E-state index contributed by atoms with van der Waals surface area (Å²) >= 11 is 1.35. The summed E-state index contributed by atoms with van der Waals surface area (Å²) in [6, 6.07) is 13.3. The summed E-state index contributed by atoms with van der Waals surface area (Å²) < 4.78 is 5.78. The Bertz CT molecular complexity index is 1170. The van der Waals surface area contributed by atoms with Crippen molar-refractivity contribution in [2.24, 2.45) is 0 Å². The minimum atomic E-state index is -0.231. The van der Waals surface area contributed by atoms with Gasteiger partial charge in [-0.25, -0.2) is 9.97 Å². The fraction of sp³-hybridized carbons (Fsp3) is 0.308. The number of hydrogen-bond donors (Lipinski definition) is 1. The van der Waals surface area contributed by atoms with Crippen molar-refractivity contribution < 1.29 is 14.3 Å². The van der Waals surface area contributed by atoms with E-state index < -0.39 is 0 Å². The molecule has 0 saturated carbocycles. The van der Waals surface area contributed by atoms with Crippen LogP contribution in [0.3, 0.4) is 0 Å². The molecule has 182 valence electrons. The highest BCUT2D eigenvalue weighted by atomic mass is 32.1. The molecule has 1 saturated heterocycles. The first-order chi connectivity index (χ1) is 16.9. The van der Waals surface area contributed by atoms with E-state index >= 15 is 0 Å². The summed E-state index contributed by atoms with van der Waals surface area (Å²) in [6.45, 7) is 7.63. The van der Waals surface area contributed by atoms with Crippen LogP contribution in [-0.2, 0) is 20.9 Å². The van der Waals surface area contributed by atoms with E-state index in [9.17, 15) is 9.59 Å². The molecule has 8 nitrogen and oxygen atoms in total. The highest BCUT2D eigenvalue weighted by Gasteiger charge is 2.23. The highest BCUT2D eigenvalue weighted by Crippen LogP contribution is 2.29. The quantitative estimate of drug-likeness (QED) is 0.499. The van der Waals surface area contributed by atoms with Crippen LogP contribution in [0.25, 0.3) is 6.08 Å². The summed E-state index contributed by atoms with van der Waals surface area (Å²) in [7, 11) is 0. The van der Waals surface area contributed by atoms with Gasteiger partial charge in [0.2, 0.25) is 11.8 Å². The van der Waals surface area contributed by atoms with Crippen LogP contribution < -0.4 is 15.1 Å². The molecule has 3 heterocycles. The molecule has 2 unspecified atom stereocenters. The van der Waals surface area contributed by atoms with E-state index in [0.29, 0.717) is 17.4 Å². The number of anilines is 3. The molecule has 35 heavy (non-hydrogen) atoms. The van der Waals surface area contributed by atoms with Crippen molar-refractivity contribution in [3.63, 3.8) is 0 Å². The van der Waals surface area contributed by atoms with Gasteiger partial charge >= 0.3 is 0 Å². The lowest BCUT2D eigenvalue weighted by atomic mass is 10.2. The summed E-state index contributed by atoms with van der Waals surface area (Å²) in [5.74, 6) is 0.554. The number of carbonyl (C=O) groups excluding carboxylic acids is 2. The minimum absolute atomic E-state index is 0.129. The van der Waals surface area contributed by atoms with E-state index in [4.69, 9.17) is 4.74 Å². The molecule has 0 spiro atoms. The molecule has 0 aliphatic carbocycles. The number of thiazole rings is 1. The third-order valence-electron chi connectivity index (χ3n) is 5.46. The zero-order valence-electron chi connectivity index (χ0n) is 20.0. The second-order valence-corrected chi connectivity index (χ2v) is 9.32. The van der Waals surface area contributed by atoms with Crippen LogP contribution in [0.4, 0.5) is 16.6 Å². The SMILES string of the molecule is CC(=O)N(c1ccccc1)c1nc(/C=C/C(=O)NCc2ccc(N3CC(C)OC(C)C3)nc2)cs1. The number of aromatic nitrogens is 2. The average molecular weight is 492 g/mol. The zero-order chi connectivity index (χ0) is 24.8. The second kappa shape index (κ2) is 11.2. The van der Waals surface area contributed by atoms with Crippen LogP contribution in [0, 0.1) is 0 Å². The average Bonchev–Trinajstić information content (AvgIpc) is 3.30. The highest BCUT2D eigenvalue weighted by molar-refractivity contribution is 7.14. The number of benzene rings is 1. The first-order valence-corrected chi connectivity index (χ1v) is 12.4. The number of rotatable bonds is 7. The van der Waals surface area contributed by atoms with E-state index in [1.54, 1.807) is 17.2 Å². The molecular formula is C26H29N5O3S. The van der Waals surface area contributed by atoms with Crippen molar-refractivity contribution in [2.45, 2.75) is 39.5 Å².